The summed E-state index contributed by atoms with van der Waals surface area (Å²) in [6, 6.07) is 12.4. The van der Waals surface area contributed by atoms with E-state index in [1.54, 1.807) is 48.8 Å². The average Bonchev–Trinajstić information content (AvgIpc) is 3.12. The smallest absolute Gasteiger partial charge is 0.337 e. The predicted octanol–water partition coefficient (Wildman–Crippen LogP) is 2.93. The highest BCUT2D eigenvalue weighted by molar-refractivity contribution is 6.46. The summed E-state index contributed by atoms with van der Waals surface area (Å²) in [6.45, 7) is 0.255. The number of esters is 1. The summed E-state index contributed by atoms with van der Waals surface area (Å²) in [7, 11) is 1.29. The lowest BCUT2D eigenvalue weighted by Crippen LogP contribution is -2.31. The zero-order valence-corrected chi connectivity index (χ0v) is 17.8. The maximum atomic E-state index is 13.0. The van der Waals surface area contributed by atoms with Gasteiger partial charge in [-0.05, 0) is 53.9 Å². The fourth-order valence-corrected chi connectivity index (χ4v) is 3.84. The molecule has 1 fully saturated rings. The van der Waals surface area contributed by atoms with Crippen molar-refractivity contribution >= 4 is 23.4 Å². The van der Waals surface area contributed by atoms with Gasteiger partial charge in [0, 0.05) is 36.9 Å². The molecule has 2 aromatic heterocycles. The number of carbonyl (C=O) groups excluding carboxylic acids is 3. The van der Waals surface area contributed by atoms with Crippen molar-refractivity contribution in [2.45, 2.75) is 12.5 Å². The molecular formula is C25H21N3O5. The van der Waals surface area contributed by atoms with Gasteiger partial charge in [-0.2, -0.15) is 0 Å². The van der Waals surface area contributed by atoms with E-state index in [0.717, 1.165) is 5.56 Å². The second-order valence-corrected chi connectivity index (χ2v) is 7.45. The van der Waals surface area contributed by atoms with Crippen LogP contribution in [-0.2, 0) is 20.7 Å². The summed E-state index contributed by atoms with van der Waals surface area (Å²) in [6.07, 6.45) is 6.82. The Morgan fingerprint density at radius 3 is 2.15 bits per heavy atom. The van der Waals surface area contributed by atoms with Gasteiger partial charge in [0.1, 0.15) is 5.76 Å². The molecule has 3 aromatic rings. The highest BCUT2D eigenvalue weighted by atomic mass is 16.5. The van der Waals surface area contributed by atoms with Crippen LogP contribution < -0.4 is 0 Å². The van der Waals surface area contributed by atoms with Crippen LogP contribution in [0.4, 0.5) is 0 Å². The van der Waals surface area contributed by atoms with Crippen molar-refractivity contribution in [2.24, 2.45) is 0 Å². The van der Waals surface area contributed by atoms with Crippen LogP contribution in [0.3, 0.4) is 0 Å². The summed E-state index contributed by atoms with van der Waals surface area (Å²) in [5.41, 5.74) is 2.26. The van der Waals surface area contributed by atoms with E-state index < -0.39 is 23.7 Å². The molecule has 166 valence electrons. The largest absolute Gasteiger partial charge is 0.507 e. The third-order valence-electron chi connectivity index (χ3n) is 5.53. The molecule has 1 aromatic carbocycles. The predicted molar refractivity (Wildman–Crippen MR) is 119 cm³/mol. The van der Waals surface area contributed by atoms with Gasteiger partial charge < -0.3 is 14.7 Å². The molecular weight excluding hydrogens is 422 g/mol. The van der Waals surface area contributed by atoms with Gasteiger partial charge in [0.15, 0.2) is 0 Å². The lowest BCUT2D eigenvalue weighted by atomic mass is 9.94. The summed E-state index contributed by atoms with van der Waals surface area (Å²) in [4.78, 5) is 47.3. The number of aliphatic hydroxyl groups excluding tert-OH is 1. The van der Waals surface area contributed by atoms with E-state index in [1.165, 1.54) is 24.4 Å². The number of carbonyl (C=O) groups is 3. The summed E-state index contributed by atoms with van der Waals surface area (Å²) in [5.74, 6) is -2.22. The first-order valence-electron chi connectivity index (χ1n) is 10.3. The lowest BCUT2D eigenvalue weighted by molar-refractivity contribution is -0.139. The van der Waals surface area contributed by atoms with Crippen LogP contribution in [0.2, 0.25) is 0 Å². The Labute approximate surface area is 190 Å². The molecule has 3 heterocycles. The summed E-state index contributed by atoms with van der Waals surface area (Å²) >= 11 is 0. The van der Waals surface area contributed by atoms with Crippen LogP contribution in [0.1, 0.15) is 33.1 Å². The van der Waals surface area contributed by atoms with Crippen molar-refractivity contribution in [1.82, 2.24) is 14.9 Å². The molecule has 0 saturated carbocycles. The topological polar surface area (TPSA) is 110 Å². The molecule has 0 bridgehead atoms. The molecule has 1 saturated heterocycles. The van der Waals surface area contributed by atoms with Crippen molar-refractivity contribution in [3.63, 3.8) is 0 Å². The molecule has 0 aliphatic carbocycles. The molecule has 0 radical (unpaired) electrons. The van der Waals surface area contributed by atoms with Gasteiger partial charge in [0.05, 0.1) is 24.3 Å². The number of nitrogens with zero attached hydrogens (tertiary/aromatic N) is 3. The number of aromatic nitrogens is 2. The van der Waals surface area contributed by atoms with Gasteiger partial charge in [0.2, 0.25) is 0 Å². The number of Topliss-reactive ketones (excluding diaryl/α,β-unsaturated/α-hetero) is 1. The SMILES string of the molecule is COC(=O)c1ccc(C2C(=C(O)c3ccncc3)C(=O)C(=O)N2CCc2ccncc2)cc1. The Kier molecular flexibility index (Phi) is 6.26. The molecule has 1 atom stereocenters. The van der Waals surface area contributed by atoms with Gasteiger partial charge in [-0.3, -0.25) is 19.6 Å². The first kappa shape index (κ1) is 21.9. The van der Waals surface area contributed by atoms with Crippen LogP contribution >= 0.6 is 0 Å². The minimum atomic E-state index is -0.813. The number of benzene rings is 1. The maximum Gasteiger partial charge on any atom is 0.337 e. The maximum absolute atomic E-state index is 13.0. The normalized spacial score (nSPS) is 17.2. The molecule has 0 spiro atoms. The van der Waals surface area contributed by atoms with E-state index in [-0.39, 0.29) is 17.9 Å². The van der Waals surface area contributed by atoms with E-state index in [0.29, 0.717) is 23.1 Å². The van der Waals surface area contributed by atoms with Crippen molar-refractivity contribution in [3.05, 3.63) is 101 Å². The van der Waals surface area contributed by atoms with Crippen LogP contribution in [0.15, 0.2) is 78.9 Å². The molecule has 4 rings (SSSR count). The van der Waals surface area contributed by atoms with Crippen molar-refractivity contribution < 1.29 is 24.2 Å². The van der Waals surface area contributed by atoms with Gasteiger partial charge in [-0.15, -0.1) is 0 Å². The number of hydrogen-bond acceptors (Lipinski definition) is 7. The van der Waals surface area contributed by atoms with Crippen LogP contribution in [-0.4, -0.2) is 51.3 Å². The second-order valence-electron chi connectivity index (χ2n) is 7.45. The second kappa shape index (κ2) is 9.44. The molecule has 1 aliphatic heterocycles. The zero-order chi connectivity index (χ0) is 23.4. The Bertz CT molecular complexity index is 1210. The van der Waals surface area contributed by atoms with Gasteiger partial charge >= 0.3 is 5.97 Å². The van der Waals surface area contributed by atoms with Gasteiger partial charge in [0.25, 0.3) is 11.7 Å². The Balaban J connectivity index is 1.77. The number of ether oxygens (including phenoxy) is 1. The molecule has 1 amide bonds. The van der Waals surface area contributed by atoms with Crippen LogP contribution in [0.25, 0.3) is 5.76 Å². The number of hydrogen-bond donors (Lipinski definition) is 1. The number of rotatable bonds is 6. The monoisotopic (exact) mass is 443 g/mol. The molecule has 1 unspecified atom stereocenters. The Morgan fingerprint density at radius 1 is 0.939 bits per heavy atom. The number of ketones is 1. The fourth-order valence-electron chi connectivity index (χ4n) is 3.84. The summed E-state index contributed by atoms with van der Waals surface area (Å²) < 4.78 is 4.74. The molecule has 8 nitrogen and oxygen atoms in total. The minimum absolute atomic E-state index is 0.00764. The van der Waals surface area contributed by atoms with E-state index in [2.05, 4.69) is 9.97 Å². The van der Waals surface area contributed by atoms with Gasteiger partial charge in [-0.1, -0.05) is 12.1 Å². The standard InChI is InChI=1S/C25H21N3O5/c1-33-25(32)19-4-2-17(3-5-19)21-20(22(29)18-8-13-27-14-9-18)23(30)24(31)28(21)15-10-16-6-11-26-12-7-16/h2-9,11-14,21,29H,10,15H2,1H3. The molecule has 8 heteroatoms. The zero-order valence-electron chi connectivity index (χ0n) is 17.8. The lowest BCUT2D eigenvalue weighted by Gasteiger charge is -2.25. The van der Waals surface area contributed by atoms with E-state index >= 15 is 0 Å². The number of aliphatic hydroxyl groups is 1. The van der Waals surface area contributed by atoms with Crippen molar-refractivity contribution in [3.8, 4) is 0 Å². The number of methoxy groups -OCH3 is 1. The van der Waals surface area contributed by atoms with Crippen LogP contribution in [0, 0.1) is 0 Å². The van der Waals surface area contributed by atoms with Crippen molar-refractivity contribution in [2.75, 3.05) is 13.7 Å². The average molecular weight is 443 g/mol. The first-order chi connectivity index (χ1) is 16.0. The summed E-state index contributed by atoms with van der Waals surface area (Å²) in [5, 5.41) is 11.0. The number of pyridine rings is 2. The third kappa shape index (κ3) is 4.36. The van der Waals surface area contributed by atoms with E-state index in [4.69, 9.17) is 4.74 Å². The number of amides is 1. The Hall–Kier alpha value is -4.33. The molecule has 1 N–H and O–H groups in total. The van der Waals surface area contributed by atoms with Crippen molar-refractivity contribution in [1.29, 1.82) is 0 Å². The van der Waals surface area contributed by atoms with Gasteiger partial charge in [-0.25, -0.2) is 4.79 Å². The van der Waals surface area contributed by atoms with E-state index in [9.17, 15) is 19.5 Å². The first-order valence-corrected chi connectivity index (χ1v) is 10.3. The van der Waals surface area contributed by atoms with E-state index in [1.807, 2.05) is 12.1 Å². The third-order valence-corrected chi connectivity index (χ3v) is 5.53. The Morgan fingerprint density at radius 2 is 1.55 bits per heavy atom. The quantitative estimate of drug-likeness (QED) is 0.270. The van der Waals surface area contributed by atoms with Crippen LogP contribution in [0.5, 0.6) is 0 Å². The number of likely N-dealkylation sites (tertiary alicyclic amines) is 1. The minimum Gasteiger partial charge on any atom is -0.507 e. The highest BCUT2D eigenvalue weighted by Crippen LogP contribution is 2.39. The molecule has 1 aliphatic rings. The highest BCUT2D eigenvalue weighted by Gasteiger charge is 2.45. The molecule has 33 heavy (non-hydrogen) atoms. The fraction of sp³-hybridized carbons (Fsp3) is 0.160.